The van der Waals surface area contributed by atoms with Gasteiger partial charge in [-0.05, 0) is 18.6 Å². The minimum atomic E-state index is -0.298. The molecule has 4 heteroatoms. The minimum Gasteiger partial charge on any atom is -0.384 e. The first-order valence-corrected chi connectivity index (χ1v) is 4.12. The lowest BCUT2D eigenvalue weighted by Gasteiger charge is -2.02. The van der Waals surface area contributed by atoms with Crippen LogP contribution < -0.4 is 5.32 Å². The van der Waals surface area contributed by atoms with Crippen molar-refractivity contribution in [2.45, 2.75) is 6.42 Å². The number of anilines is 1. The molecule has 1 N–H and O–H groups in total. The second-order valence-electron chi connectivity index (χ2n) is 2.34. The molecule has 66 valence electrons. The van der Waals surface area contributed by atoms with Crippen LogP contribution in [0, 0.1) is 0 Å². The second-order valence-corrected chi connectivity index (χ2v) is 2.73. The Balaban J connectivity index is 2.37. The van der Waals surface area contributed by atoms with E-state index in [0.29, 0.717) is 18.1 Å². The Bertz CT molecular complexity index is 225. The zero-order valence-electron chi connectivity index (χ0n) is 6.56. The third kappa shape index (κ3) is 3.05. The Morgan fingerprint density at radius 1 is 1.50 bits per heavy atom. The molecule has 0 aliphatic heterocycles. The SMILES string of the molecule is FCCCNc1ccc(Cl)nc1. The van der Waals surface area contributed by atoms with E-state index in [1.807, 2.05) is 6.07 Å². The third-order valence-corrected chi connectivity index (χ3v) is 1.59. The van der Waals surface area contributed by atoms with E-state index < -0.39 is 0 Å². The number of rotatable bonds is 4. The maximum Gasteiger partial charge on any atom is 0.129 e. The third-order valence-electron chi connectivity index (χ3n) is 1.37. The summed E-state index contributed by atoms with van der Waals surface area (Å²) in [7, 11) is 0. The fraction of sp³-hybridized carbons (Fsp3) is 0.375. The first kappa shape index (κ1) is 9.26. The van der Waals surface area contributed by atoms with Crippen molar-refractivity contribution >= 4 is 17.3 Å². The van der Waals surface area contributed by atoms with Gasteiger partial charge in [0.05, 0.1) is 18.6 Å². The number of pyridine rings is 1. The van der Waals surface area contributed by atoms with E-state index in [2.05, 4.69) is 10.3 Å². The Morgan fingerprint density at radius 2 is 2.33 bits per heavy atom. The molecule has 0 aromatic carbocycles. The first-order valence-electron chi connectivity index (χ1n) is 3.74. The van der Waals surface area contributed by atoms with Gasteiger partial charge in [-0.15, -0.1) is 0 Å². The molecular weight excluding hydrogens is 179 g/mol. The van der Waals surface area contributed by atoms with E-state index >= 15 is 0 Å². The molecule has 1 aromatic rings. The topological polar surface area (TPSA) is 24.9 Å². The molecule has 0 spiro atoms. The summed E-state index contributed by atoms with van der Waals surface area (Å²) in [4.78, 5) is 3.87. The van der Waals surface area contributed by atoms with Crippen molar-refractivity contribution in [1.82, 2.24) is 4.98 Å². The van der Waals surface area contributed by atoms with Gasteiger partial charge in [-0.2, -0.15) is 0 Å². The van der Waals surface area contributed by atoms with Gasteiger partial charge in [0, 0.05) is 6.54 Å². The summed E-state index contributed by atoms with van der Waals surface area (Å²) >= 11 is 5.57. The van der Waals surface area contributed by atoms with Gasteiger partial charge in [-0.3, -0.25) is 4.39 Å². The molecule has 0 amide bonds. The van der Waals surface area contributed by atoms with E-state index in [4.69, 9.17) is 11.6 Å². The van der Waals surface area contributed by atoms with Gasteiger partial charge in [-0.1, -0.05) is 11.6 Å². The summed E-state index contributed by atoms with van der Waals surface area (Å²) < 4.78 is 11.7. The van der Waals surface area contributed by atoms with Gasteiger partial charge in [0.1, 0.15) is 5.15 Å². The summed E-state index contributed by atoms with van der Waals surface area (Å²) in [5.74, 6) is 0. The van der Waals surface area contributed by atoms with Crippen LogP contribution in [0.25, 0.3) is 0 Å². The number of aromatic nitrogens is 1. The normalized spacial score (nSPS) is 9.83. The zero-order valence-corrected chi connectivity index (χ0v) is 7.31. The highest BCUT2D eigenvalue weighted by atomic mass is 35.5. The molecule has 0 aliphatic carbocycles. The highest BCUT2D eigenvalue weighted by Gasteiger charge is 1.91. The lowest BCUT2D eigenvalue weighted by atomic mass is 10.4. The summed E-state index contributed by atoms with van der Waals surface area (Å²) in [6, 6.07) is 3.51. The molecule has 12 heavy (non-hydrogen) atoms. The summed E-state index contributed by atoms with van der Waals surface area (Å²) in [5, 5.41) is 3.48. The lowest BCUT2D eigenvalue weighted by Crippen LogP contribution is -2.01. The van der Waals surface area contributed by atoms with Crippen LogP contribution in [0.5, 0.6) is 0 Å². The van der Waals surface area contributed by atoms with Crippen molar-refractivity contribution < 1.29 is 4.39 Å². The summed E-state index contributed by atoms with van der Waals surface area (Å²) in [5.41, 5.74) is 0.868. The number of nitrogens with zero attached hydrogens (tertiary/aromatic N) is 1. The number of nitrogens with one attached hydrogen (secondary N) is 1. The largest absolute Gasteiger partial charge is 0.384 e. The van der Waals surface area contributed by atoms with Crippen LogP contribution in [-0.4, -0.2) is 18.2 Å². The number of hydrogen-bond donors (Lipinski definition) is 1. The highest BCUT2D eigenvalue weighted by Crippen LogP contribution is 2.09. The zero-order chi connectivity index (χ0) is 8.81. The minimum absolute atomic E-state index is 0.298. The standard InChI is InChI=1S/C8H10ClFN2/c9-8-3-2-7(6-12-8)11-5-1-4-10/h2-3,6,11H,1,4-5H2. The molecule has 1 rings (SSSR count). The predicted octanol–water partition coefficient (Wildman–Crippen LogP) is 2.51. The van der Waals surface area contributed by atoms with Gasteiger partial charge >= 0.3 is 0 Å². The number of alkyl halides is 1. The predicted molar refractivity (Wildman–Crippen MR) is 48.3 cm³/mol. The van der Waals surface area contributed by atoms with Crippen LogP contribution in [0.3, 0.4) is 0 Å². The smallest absolute Gasteiger partial charge is 0.129 e. The van der Waals surface area contributed by atoms with Crippen LogP contribution in [0.1, 0.15) is 6.42 Å². The van der Waals surface area contributed by atoms with Crippen molar-refractivity contribution in [3.8, 4) is 0 Å². The van der Waals surface area contributed by atoms with Gasteiger partial charge in [0.25, 0.3) is 0 Å². The van der Waals surface area contributed by atoms with E-state index in [0.717, 1.165) is 5.69 Å². The van der Waals surface area contributed by atoms with Gasteiger partial charge in [0.2, 0.25) is 0 Å². The fourth-order valence-electron chi connectivity index (χ4n) is 0.780. The van der Waals surface area contributed by atoms with E-state index in [-0.39, 0.29) is 6.67 Å². The molecule has 0 unspecified atom stereocenters. The van der Waals surface area contributed by atoms with Crippen LogP contribution in [-0.2, 0) is 0 Å². The number of halogens is 2. The summed E-state index contributed by atoms with van der Waals surface area (Å²) in [6.45, 7) is 0.327. The van der Waals surface area contributed by atoms with Crippen molar-refractivity contribution in [2.24, 2.45) is 0 Å². The van der Waals surface area contributed by atoms with Gasteiger partial charge in [0.15, 0.2) is 0 Å². The maximum atomic E-state index is 11.7. The monoisotopic (exact) mass is 188 g/mol. The van der Waals surface area contributed by atoms with Gasteiger partial charge < -0.3 is 5.32 Å². The van der Waals surface area contributed by atoms with Crippen LogP contribution >= 0.6 is 11.6 Å². The van der Waals surface area contributed by atoms with E-state index in [9.17, 15) is 4.39 Å². The quantitative estimate of drug-likeness (QED) is 0.580. The molecule has 0 fully saturated rings. The Kier molecular flexibility index (Phi) is 3.80. The molecule has 0 atom stereocenters. The average Bonchev–Trinajstić information content (AvgIpc) is 2.09. The molecule has 0 bridgehead atoms. The molecule has 1 aromatic heterocycles. The molecule has 0 radical (unpaired) electrons. The first-order chi connectivity index (χ1) is 5.83. The second kappa shape index (κ2) is 4.93. The molecule has 2 nitrogen and oxygen atoms in total. The average molecular weight is 189 g/mol. The van der Waals surface area contributed by atoms with Crippen LogP contribution in [0.2, 0.25) is 5.15 Å². The van der Waals surface area contributed by atoms with Crippen LogP contribution in [0.4, 0.5) is 10.1 Å². The van der Waals surface area contributed by atoms with Crippen molar-refractivity contribution in [3.63, 3.8) is 0 Å². The summed E-state index contributed by atoms with van der Waals surface area (Å²) in [6.07, 6.45) is 2.14. The Labute approximate surface area is 75.8 Å². The molecule has 0 aliphatic rings. The molecule has 0 saturated heterocycles. The van der Waals surface area contributed by atoms with Crippen LogP contribution in [0.15, 0.2) is 18.3 Å². The Hall–Kier alpha value is -0.830. The van der Waals surface area contributed by atoms with Crippen molar-refractivity contribution in [3.05, 3.63) is 23.5 Å². The van der Waals surface area contributed by atoms with E-state index in [1.54, 1.807) is 12.3 Å². The maximum absolute atomic E-state index is 11.7. The lowest BCUT2D eigenvalue weighted by molar-refractivity contribution is 0.481. The van der Waals surface area contributed by atoms with Crippen molar-refractivity contribution in [2.75, 3.05) is 18.5 Å². The number of hydrogen-bond acceptors (Lipinski definition) is 2. The van der Waals surface area contributed by atoms with Crippen molar-refractivity contribution in [1.29, 1.82) is 0 Å². The fourth-order valence-corrected chi connectivity index (χ4v) is 0.892. The molecular formula is C8H10ClFN2. The Morgan fingerprint density at radius 3 is 2.92 bits per heavy atom. The van der Waals surface area contributed by atoms with E-state index in [1.165, 1.54) is 0 Å². The molecule has 0 saturated carbocycles. The highest BCUT2D eigenvalue weighted by molar-refractivity contribution is 6.29. The van der Waals surface area contributed by atoms with Gasteiger partial charge in [-0.25, -0.2) is 4.98 Å². The molecule has 1 heterocycles.